The molecule has 1 saturated carbocycles. The molecular formula is C12H20N4. The Morgan fingerprint density at radius 1 is 1.31 bits per heavy atom. The Balaban J connectivity index is 1.71. The minimum atomic E-state index is 0.587. The minimum Gasteiger partial charge on any atom is -0.316 e. The zero-order valence-electron chi connectivity index (χ0n) is 9.73. The van der Waals surface area contributed by atoms with E-state index in [4.69, 9.17) is 0 Å². The lowest BCUT2D eigenvalue weighted by Crippen LogP contribution is -2.16. The Morgan fingerprint density at radius 3 is 2.94 bits per heavy atom. The molecule has 1 N–H and O–H groups in total. The average molecular weight is 220 g/mol. The van der Waals surface area contributed by atoms with Crippen molar-refractivity contribution in [2.24, 2.45) is 5.92 Å². The third-order valence-corrected chi connectivity index (χ3v) is 3.98. The SMILES string of the molecule is c1nc(C2CCNC2)n(CC2CCCC2)n1. The van der Waals surface area contributed by atoms with Crippen molar-refractivity contribution in [3.8, 4) is 0 Å². The van der Waals surface area contributed by atoms with E-state index in [9.17, 15) is 0 Å². The van der Waals surface area contributed by atoms with Gasteiger partial charge in [0.1, 0.15) is 12.2 Å². The van der Waals surface area contributed by atoms with Crippen LogP contribution in [0, 0.1) is 5.92 Å². The predicted molar refractivity (Wildman–Crippen MR) is 62.2 cm³/mol. The van der Waals surface area contributed by atoms with Gasteiger partial charge in [-0.3, -0.25) is 0 Å². The summed E-state index contributed by atoms with van der Waals surface area (Å²) in [5.41, 5.74) is 0. The van der Waals surface area contributed by atoms with Gasteiger partial charge in [-0.05, 0) is 31.7 Å². The van der Waals surface area contributed by atoms with Crippen molar-refractivity contribution >= 4 is 0 Å². The van der Waals surface area contributed by atoms with Crippen molar-refractivity contribution in [2.45, 2.75) is 44.6 Å². The third-order valence-electron chi connectivity index (χ3n) is 3.98. The van der Waals surface area contributed by atoms with Crippen molar-refractivity contribution in [3.63, 3.8) is 0 Å². The summed E-state index contributed by atoms with van der Waals surface area (Å²) in [5, 5.41) is 7.80. The molecule has 1 unspecified atom stereocenters. The van der Waals surface area contributed by atoms with Gasteiger partial charge in [0, 0.05) is 19.0 Å². The van der Waals surface area contributed by atoms with Crippen LogP contribution in [0.15, 0.2) is 6.33 Å². The molecule has 0 amide bonds. The van der Waals surface area contributed by atoms with Gasteiger partial charge in [-0.2, -0.15) is 5.10 Å². The molecule has 1 aliphatic heterocycles. The Kier molecular flexibility index (Phi) is 2.91. The second kappa shape index (κ2) is 4.53. The number of nitrogens with zero attached hydrogens (tertiary/aromatic N) is 3. The second-order valence-corrected chi connectivity index (χ2v) is 5.14. The number of aromatic nitrogens is 3. The molecule has 2 aliphatic rings. The molecule has 4 nitrogen and oxygen atoms in total. The van der Waals surface area contributed by atoms with Crippen LogP contribution in [0.5, 0.6) is 0 Å². The van der Waals surface area contributed by atoms with E-state index < -0.39 is 0 Å². The van der Waals surface area contributed by atoms with E-state index >= 15 is 0 Å². The molecule has 2 heterocycles. The molecule has 4 heteroatoms. The van der Waals surface area contributed by atoms with Gasteiger partial charge < -0.3 is 5.32 Å². The fraction of sp³-hybridized carbons (Fsp3) is 0.833. The van der Waals surface area contributed by atoms with Gasteiger partial charge in [0.2, 0.25) is 0 Å². The number of rotatable bonds is 3. The van der Waals surface area contributed by atoms with Gasteiger partial charge in [-0.15, -0.1) is 0 Å². The third kappa shape index (κ3) is 1.98. The molecule has 3 rings (SSSR count). The molecule has 0 aromatic carbocycles. The van der Waals surface area contributed by atoms with Gasteiger partial charge in [0.05, 0.1) is 0 Å². The Morgan fingerprint density at radius 2 is 2.19 bits per heavy atom. The summed E-state index contributed by atoms with van der Waals surface area (Å²) in [6, 6.07) is 0. The lowest BCUT2D eigenvalue weighted by atomic mass is 10.1. The van der Waals surface area contributed by atoms with Crippen molar-refractivity contribution in [1.29, 1.82) is 0 Å². The van der Waals surface area contributed by atoms with Crippen LogP contribution in [0.3, 0.4) is 0 Å². The molecule has 1 aliphatic carbocycles. The summed E-state index contributed by atoms with van der Waals surface area (Å²) in [6.45, 7) is 3.29. The highest BCUT2D eigenvalue weighted by Gasteiger charge is 2.24. The number of hydrogen-bond acceptors (Lipinski definition) is 3. The van der Waals surface area contributed by atoms with E-state index in [1.165, 1.54) is 37.9 Å². The van der Waals surface area contributed by atoms with Gasteiger partial charge in [0.15, 0.2) is 0 Å². The van der Waals surface area contributed by atoms with Crippen LogP contribution in [-0.4, -0.2) is 27.9 Å². The molecular weight excluding hydrogens is 200 g/mol. The van der Waals surface area contributed by atoms with Crippen LogP contribution >= 0.6 is 0 Å². The van der Waals surface area contributed by atoms with Crippen LogP contribution in [0.1, 0.15) is 43.8 Å². The highest BCUT2D eigenvalue weighted by Crippen LogP contribution is 2.27. The van der Waals surface area contributed by atoms with E-state index in [0.29, 0.717) is 5.92 Å². The van der Waals surface area contributed by atoms with Crippen LogP contribution in [0.25, 0.3) is 0 Å². The van der Waals surface area contributed by atoms with Crippen LogP contribution in [0.4, 0.5) is 0 Å². The highest BCUT2D eigenvalue weighted by molar-refractivity contribution is 5.00. The van der Waals surface area contributed by atoms with Gasteiger partial charge in [-0.1, -0.05) is 12.8 Å². The molecule has 0 bridgehead atoms. The summed E-state index contributed by atoms with van der Waals surface area (Å²) in [5.74, 6) is 2.63. The van der Waals surface area contributed by atoms with Crippen molar-refractivity contribution < 1.29 is 0 Å². The first-order valence-corrected chi connectivity index (χ1v) is 6.52. The zero-order valence-corrected chi connectivity index (χ0v) is 9.73. The zero-order chi connectivity index (χ0) is 10.8. The molecule has 1 aromatic heterocycles. The van der Waals surface area contributed by atoms with E-state index in [2.05, 4.69) is 20.1 Å². The largest absolute Gasteiger partial charge is 0.316 e. The fourth-order valence-corrected chi connectivity index (χ4v) is 3.04. The summed E-state index contributed by atoms with van der Waals surface area (Å²) in [6.07, 6.45) is 8.50. The summed E-state index contributed by atoms with van der Waals surface area (Å²) in [4.78, 5) is 4.45. The average Bonchev–Trinajstić information content (AvgIpc) is 2.98. The summed E-state index contributed by atoms with van der Waals surface area (Å²) in [7, 11) is 0. The smallest absolute Gasteiger partial charge is 0.138 e. The molecule has 88 valence electrons. The quantitative estimate of drug-likeness (QED) is 0.840. The van der Waals surface area contributed by atoms with Gasteiger partial charge >= 0.3 is 0 Å². The number of nitrogens with one attached hydrogen (secondary N) is 1. The monoisotopic (exact) mass is 220 g/mol. The van der Waals surface area contributed by atoms with Crippen LogP contribution in [-0.2, 0) is 6.54 Å². The molecule has 1 saturated heterocycles. The van der Waals surface area contributed by atoms with Gasteiger partial charge in [0.25, 0.3) is 0 Å². The van der Waals surface area contributed by atoms with E-state index in [-0.39, 0.29) is 0 Å². The van der Waals surface area contributed by atoms with Crippen molar-refractivity contribution in [1.82, 2.24) is 20.1 Å². The maximum atomic E-state index is 4.45. The lowest BCUT2D eigenvalue weighted by molar-refractivity contribution is 0.409. The van der Waals surface area contributed by atoms with E-state index in [1.807, 2.05) is 0 Å². The first-order valence-electron chi connectivity index (χ1n) is 6.52. The molecule has 2 fully saturated rings. The van der Waals surface area contributed by atoms with E-state index in [1.54, 1.807) is 6.33 Å². The Labute approximate surface area is 96.4 Å². The summed E-state index contributed by atoms with van der Waals surface area (Å²) >= 11 is 0. The molecule has 0 spiro atoms. The fourth-order valence-electron chi connectivity index (χ4n) is 3.04. The molecule has 0 radical (unpaired) electrons. The first kappa shape index (κ1) is 10.3. The lowest BCUT2D eigenvalue weighted by Gasteiger charge is -2.14. The van der Waals surface area contributed by atoms with Crippen LogP contribution < -0.4 is 5.32 Å². The van der Waals surface area contributed by atoms with E-state index in [0.717, 1.165) is 25.6 Å². The Bertz CT molecular complexity index is 335. The van der Waals surface area contributed by atoms with Crippen LogP contribution in [0.2, 0.25) is 0 Å². The first-order chi connectivity index (χ1) is 7.93. The van der Waals surface area contributed by atoms with Crippen molar-refractivity contribution in [3.05, 3.63) is 12.2 Å². The van der Waals surface area contributed by atoms with Gasteiger partial charge in [-0.25, -0.2) is 9.67 Å². The standard InChI is InChI=1S/C12H20N4/c1-2-4-10(3-1)8-16-12(14-9-15-16)11-5-6-13-7-11/h9-11,13H,1-8H2. The number of hydrogen-bond donors (Lipinski definition) is 1. The topological polar surface area (TPSA) is 42.7 Å². The maximum absolute atomic E-state index is 4.45. The Hall–Kier alpha value is -0.900. The predicted octanol–water partition coefficient (Wildman–Crippen LogP) is 1.55. The minimum absolute atomic E-state index is 0.587. The van der Waals surface area contributed by atoms with Crippen molar-refractivity contribution in [2.75, 3.05) is 13.1 Å². The summed E-state index contributed by atoms with van der Waals surface area (Å²) < 4.78 is 2.16. The second-order valence-electron chi connectivity index (χ2n) is 5.14. The highest BCUT2D eigenvalue weighted by atomic mass is 15.3. The normalized spacial score (nSPS) is 26.6. The molecule has 1 atom stereocenters. The molecule has 16 heavy (non-hydrogen) atoms. The maximum Gasteiger partial charge on any atom is 0.138 e. The molecule has 1 aromatic rings.